The molecule has 1 amide bonds. The molecule has 1 N–H and O–H groups in total. The number of rotatable bonds is 10. The van der Waals surface area contributed by atoms with Gasteiger partial charge in [0.1, 0.15) is 18.1 Å². The molecule has 0 saturated carbocycles. The topological polar surface area (TPSA) is 70.1 Å². The van der Waals surface area contributed by atoms with Gasteiger partial charge in [-0.3, -0.25) is 9.59 Å². The summed E-state index contributed by atoms with van der Waals surface area (Å²) in [6, 6.07) is 19.2. The number of carbonyl (C=O) groups is 2. The van der Waals surface area contributed by atoms with Crippen LogP contribution < -0.4 is 4.74 Å². The van der Waals surface area contributed by atoms with E-state index in [9.17, 15) is 14.7 Å². The first-order valence-corrected chi connectivity index (χ1v) is 13.7. The van der Waals surface area contributed by atoms with Crippen molar-refractivity contribution in [2.24, 2.45) is 0 Å². The van der Waals surface area contributed by atoms with Crippen LogP contribution in [0.3, 0.4) is 0 Å². The SMILES string of the molecule is CCN(CC)CCN1C(=O)C(=O)/C(=C(/O)c2ccc(OCc3ccccc3)c(C)c2)C1c1ccc(Cl)c(Cl)c1. The minimum absolute atomic E-state index is 0.0234. The van der Waals surface area contributed by atoms with Gasteiger partial charge in [0.2, 0.25) is 0 Å². The van der Waals surface area contributed by atoms with Crippen LogP contribution in [0.1, 0.15) is 42.1 Å². The molecule has 3 aromatic carbocycles. The van der Waals surface area contributed by atoms with E-state index in [-0.39, 0.29) is 11.3 Å². The summed E-state index contributed by atoms with van der Waals surface area (Å²) in [6.45, 7) is 8.90. The maximum atomic E-state index is 13.4. The first-order chi connectivity index (χ1) is 18.7. The summed E-state index contributed by atoms with van der Waals surface area (Å²) < 4.78 is 5.97. The average molecular weight is 568 g/mol. The highest BCUT2D eigenvalue weighted by molar-refractivity contribution is 6.46. The Morgan fingerprint density at radius 1 is 0.974 bits per heavy atom. The molecular weight excluding hydrogens is 535 g/mol. The van der Waals surface area contributed by atoms with E-state index in [2.05, 4.69) is 4.90 Å². The van der Waals surface area contributed by atoms with Gasteiger partial charge in [0.25, 0.3) is 11.7 Å². The fraction of sp³-hybridized carbons (Fsp3) is 0.290. The second-order valence-electron chi connectivity index (χ2n) is 9.45. The van der Waals surface area contributed by atoms with Crippen molar-refractivity contribution in [3.8, 4) is 5.75 Å². The lowest BCUT2D eigenvalue weighted by Crippen LogP contribution is -2.38. The molecule has 4 rings (SSSR count). The number of halogens is 2. The summed E-state index contributed by atoms with van der Waals surface area (Å²) in [4.78, 5) is 30.3. The third-order valence-electron chi connectivity index (χ3n) is 7.04. The average Bonchev–Trinajstić information content (AvgIpc) is 3.19. The molecule has 204 valence electrons. The Labute approximate surface area is 239 Å². The normalized spacial score (nSPS) is 16.8. The van der Waals surface area contributed by atoms with Gasteiger partial charge in [0, 0.05) is 18.7 Å². The highest BCUT2D eigenvalue weighted by atomic mass is 35.5. The Bertz CT molecular complexity index is 1390. The summed E-state index contributed by atoms with van der Waals surface area (Å²) in [5.74, 6) is -0.965. The van der Waals surface area contributed by atoms with Gasteiger partial charge < -0.3 is 19.6 Å². The van der Waals surface area contributed by atoms with Crippen molar-refractivity contribution >= 4 is 40.7 Å². The zero-order chi connectivity index (χ0) is 28.1. The number of likely N-dealkylation sites (N-methyl/N-ethyl adjacent to an activating group) is 1. The molecule has 0 bridgehead atoms. The van der Waals surface area contributed by atoms with Gasteiger partial charge in [-0.25, -0.2) is 0 Å². The number of amides is 1. The van der Waals surface area contributed by atoms with Crippen molar-refractivity contribution in [3.63, 3.8) is 0 Å². The molecule has 39 heavy (non-hydrogen) atoms. The van der Waals surface area contributed by atoms with E-state index in [1.165, 1.54) is 4.90 Å². The fourth-order valence-corrected chi connectivity index (χ4v) is 5.08. The van der Waals surface area contributed by atoms with Crippen LogP contribution in [0.25, 0.3) is 5.76 Å². The first kappa shape index (κ1) is 28.7. The molecule has 3 aromatic rings. The molecule has 8 heteroatoms. The van der Waals surface area contributed by atoms with Gasteiger partial charge in [-0.1, -0.05) is 73.4 Å². The van der Waals surface area contributed by atoms with Crippen molar-refractivity contribution < 1.29 is 19.4 Å². The quantitative estimate of drug-likeness (QED) is 0.169. The molecule has 6 nitrogen and oxygen atoms in total. The van der Waals surface area contributed by atoms with Crippen LogP contribution in [0.2, 0.25) is 10.0 Å². The molecule has 1 aliphatic rings. The predicted octanol–water partition coefficient (Wildman–Crippen LogP) is 6.64. The summed E-state index contributed by atoms with van der Waals surface area (Å²) in [6.07, 6.45) is 0. The van der Waals surface area contributed by atoms with E-state index in [0.29, 0.717) is 46.6 Å². The lowest BCUT2D eigenvalue weighted by atomic mass is 9.94. The number of ether oxygens (including phenoxy) is 1. The van der Waals surface area contributed by atoms with Gasteiger partial charge in [0.15, 0.2) is 0 Å². The van der Waals surface area contributed by atoms with Gasteiger partial charge in [0.05, 0.1) is 21.7 Å². The van der Waals surface area contributed by atoms with Crippen molar-refractivity contribution in [2.45, 2.75) is 33.4 Å². The number of hydrogen-bond donors (Lipinski definition) is 1. The molecule has 1 atom stereocenters. The van der Waals surface area contributed by atoms with Crippen LogP contribution in [-0.2, 0) is 16.2 Å². The van der Waals surface area contributed by atoms with Gasteiger partial charge in [-0.15, -0.1) is 0 Å². The van der Waals surface area contributed by atoms with Crippen molar-refractivity contribution in [1.82, 2.24) is 9.80 Å². The molecule has 0 aliphatic carbocycles. The third kappa shape index (κ3) is 6.30. The van der Waals surface area contributed by atoms with Crippen molar-refractivity contribution in [3.05, 3.63) is 105 Å². The molecule has 1 fully saturated rings. The Kier molecular flexibility index (Phi) is 9.33. The zero-order valence-electron chi connectivity index (χ0n) is 22.3. The van der Waals surface area contributed by atoms with E-state index in [4.69, 9.17) is 27.9 Å². The molecule has 0 radical (unpaired) electrons. The second-order valence-corrected chi connectivity index (χ2v) is 10.3. The number of aliphatic hydroxyl groups excluding tert-OH is 1. The largest absolute Gasteiger partial charge is 0.507 e. The molecule has 1 saturated heterocycles. The van der Waals surface area contributed by atoms with Crippen LogP contribution in [0.15, 0.2) is 72.3 Å². The van der Waals surface area contributed by atoms with E-state index in [0.717, 1.165) is 24.2 Å². The number of nitrogens with zero attached hydrogens (tertiary/aromatic N) is 2. The number of ketones is 1. The third-order valence-corrected chi connectivity index (χ3v) is 7.78. The minimum atomic E-state index is -0.801. The summed E-state index contributed by atoms with van der Waals surface area (Å²) >= 11 is 12.5. The minimum Gasteiger partial charge on any atom is -0.507 e. The van der Waals surface area contributed by atoms with Gasteiger partial charge in [-0.2, -0.15) is 0 Å². The molecular formula is C31H32Cl2N2O4. The lowest BCUT2D eigenvalue weighted by Gasteiger charge is -2.28. The molecule has 1 heterocycles. The van der Waals surface area contributed by atoms with E-state index in [1.807, 2.05) is 51.1 Å². The molecule has 1 aliphatic heterocycles. The number of Topliss-reactive ketones (excluding diaryl/α,β-unsaturated/α-hetero) is 1. The smallest absolute Gasteiger partial charge is 0.295 e. The van der Waals surface area contributed by atoms with Gasteiger partial charge in [-0.05, 0) is 67.0 Å². The van der Waals surface area contributed by atoms with Crippen molar-refractivity contribution in [1.29, 1.82) is 0 Å². The highest BCUT2D eigenvalue weighted by Crippen LogP contribution is 2.41. The van der Waals surface area contributed by atoms with Crippen LogP contribution in [0, 0.1) is 6.92 Å². The van der Waals surface area contributed by atoms with Crippen LogP contribution in [0.5, 0.6) is 5.75 Å². The van der Waals surface area contributed by atoms with Crippen molar-refractivity contribution in [2.75, 3.05) is 26.2 Å². The summed E-state index contributed by atoms with van der Waals surface area (Å²) in [5.41, 5.74) is 2.87. The lowest BCUT2D eigenvalue weighted by molar-refractivity contribution is -0.140. The monoisotopic (exact) mass is 566 g/mol. The predicted molar refractivity (Wildman–Crippen MR) is 155 cm³/mol. The maximum absolute atomic E-state index is 13.4. The first-order valence-electron chi connectivity index (χ1n) is 13.0. The maximum Gasteiger partial charge on any atom is 0.295 e. The Morgan fingerprint density at radius 2 is 1.69 bits per heavy atom. The summed E-state index contributed by atoms with van der Waals surface area (Å²) in [5, 5.41) is 12.1. The van der Waals surface area contributed by atoms with E-state index < -0.39 is 17.7 Å². The Morgan fingerprint density at radius 3 is 2.33 bits per heavy atom. The number of hydrogen-bond acceptors (Lipinski definition) is 5. The van der Waals surface area contributed by atoms with Crippen LogP contribution in [0.4, 0.5) is 0 Å². The Hall–Kier alpha value is -3.32. The highest BCUT2D eigenvalue weighted by Gasteiger charge is 2.46. The number of benzene rings is 3. The number of carbonyl (C=O) groups excluding carboxylic acids is 2. The molecule has 1 unspecified atom stereocenters. The Balaban J connectivity index is 1.71. The standard InChI is InChI=1S/C31H32Cl2N2O4/c1-4-34(5-2)15-16-35-28(22-11-13-24(32)25(33)18-22)27(30(37)31(35)38)29(36)23-12-14-26(20(3)17-23)39-19-21-9-7-6-8-10-21/h6-14,17-18,28,36H,4-5,15-16,19H2,1-3H3/b29-27+. The molecule has 0 aromatic heterocycles. The van der Waals surface area contributed by atoms with Crippen LogP contribution in [-0.4, -0.2) is 52.8 Å². The number of aliphatic hydroxyl groups is 1. The number of aryl methyl sites for hydroxylation is 1. The molecule has 0 spiro atoms. The fourth-order valence-electron chi connectivity index (χ4n) is 4.78. The van der Waals surface area contributed by atoms with Gasteiger partial charge >= 0.3 is 0 Å². The zero-order valence-corrected chi connectivity index (χ0v) is 23.8. The summed E-state index contributed by atoms with van der Waals surface area (Å²) in [7, 11) is 0. The van der Waals surface area contributed by atoms with E-state index in [1.54, 1.807) is 36.4 Å². The number of likely N-dealkylation sites (tertiary alicyclic amines) is 1. The second kappa shape index (κ2) is 12.7. The van der Waals surface area contributed by atoms with E-state index >= 15 is 0 Å². The van der Waals surface area contributed by atoms with Crippen LogP contribution >= 0.6 is 23.2 Å².